The van der Waals surface area contributed by atoms with Crippen LogP contribution in [0.3, 0.4) is 0 Å². The third kappa shape index (κ3) is 3.16. The molecule has 0 unspecified atom stereocenters. The molecule has 31 heavy (non-hydrogen) atoms. The lowest BCUT2D eigenvalue weighted by atomic mass is 9.98. The van der Waals surface area contributed by atoms with Crippen LogP contribution >= 0.6 is 0 Å². The van der Waals surface area contributed by atoms with Gasteiger partial charge in [0.1, 0.15) is 0 Å². The maximum Gasteiger partial charge on any atom is 0.0303 e. The van der Waals surface area contributed by atoms with Crippen LogP contribution in [0.25, 0.3) is 33.7 Å². The van der Waals surface area contributed by atoms with Crippen molar-refractivity contribution in [2.24, 2.45) is 0 Å². The molecule has 0 bridgehead atoms. The Hall–Kier alpha value is -3.03. The summed E-state index contributed by atoms with van der Waals surface area (Å²) in [4.78, 5) is 0. The molecular weight excluding hydrogens is 388 g/mol. The predicted octanol–water partition coefficient (Wildman–Crippen LogP) is 7.47. The van der Waals surface area contributed by atoms with E-state index in [1.165, 1.54) is 49.8 Å². The van der Waals surface area contributed by atoms with Crippen LogP contribution in [0, 0.1) is 0 Å². The fourth-order valence-corrected chi connectivity index (χ4v) is 6.54. The Morgan fingerprint density at radius 3 is 2.32 bits per heavy atom. The van der Waals surface area contributed by atoms with Crippen LogP contribution in [-0.4, -0.2) is 14.3 Å². The van der Waals surface area contributed by atoms with Crippen LogP contribution in [0.4, 0.5) is 0 Å². The lowest BCUT2D eigenvalue weighted by molar-refractivity contribution is 0.936. The molecule has 0 N–H and O–H groups in total. The summed E-state index contributed by atoms with van der Waals surface area (Å²) in [5.41, 5.74) is 8.99. The quantitative estimate of drug-likeness (QED) is 0.304. The Labute approximate surface area is 186 Å². The average molecular weight is 414 g/mol. The van der Waals surface area contributed by atoms with Gasteiger partial charge in [0.25, 0.3) is 0 Å². The number of benzene rings is 4. The van der Waals surface area contributed by atoms with E-state index in [4.69, 9.17) is 0 Å². The molecule has 0 atom stereocenters. The summed E-state index contributed by atoms with van der Waals surface area (Å²) in [7, 11) is 0.883. The summed E-state index contributed by atoms with van der Waals surface area (Å²) in [6.45, 7) is 2.31. The van der Waals surface area contributed by atoms with E-state index in [0.29, 0.717) is 0 Å². The molecule has 0 fully saturated rings. The zero-order valence-corrected chi connectivity index (χ0v) is 18.9. The Balaban J connectivity index is 1.30. The number of hydrogen-bond acceptors (Lipinski definition) is 0. The molecule has 2 aliphatic carbocycles. The monoisotopic (exact) mass is 413 g/mol. The summed E-state index contributed by atoms with van der Waals surface area (Å²) in [5.74, 6) is 0. The zero-order valence-electron chi connectivity index (χ0n) is 17.9. The minimum atomic E-state index is 0.883. The number of hydrogen-bond donors (Lipinski definition) is 0. The average Bonchev–Trinajstić information content (AvgIpc) is 3.39. The smallest absolute Gasteiger partial charge is 0.0303 e. The topological polar surface area (TPSA) is 0 Å². The van der Waals surface area contributed by atoms with Gasteiger partial charge in [0.05, 0.1) is 0 Å². The second kappa shape index (κ2) is 7.58. The molecule has 2 aliphatic rings. The van der Waals surface area contributed by atoms with Crippen LogP contribution < -0.4 is 0 Å². The van der Waals surface area contributed by atoms with Crippen molar-refractivity contribution in [2.45, 2.75) is 32.2 Å². The fraction of sp³-hybridized carbons (Fsp3) is 0.167. The molecule has 0 aliphatic heterocycles. The lowest BCUT2D eigenvalue weighted by Gasteiger charge is -2.11. The molecule has 0 heterocycles. The molecular formula is C30H25Si. The maximum absolute atomic E-state index is 2.47. The lowest BCUT2D eigenvalue weighted by Crippen LogP contribution is -2.07. The van der Waals surface area contributed by atoms with Gasteiger partial charge in [-0.3, -0.25) is 0 Å². The second-order valence-electron chi connectivity index (χ2n) is 8.66. The molecule has 0 saturated carbocycles. The molecule has 1 heteroatoms. The summed E-state index contributed by atoms with van der Waals surface area (Å²) in [5, 5.41) is 7.13. The van der Waals surface area contributed by atoms with Crippen molar-refractivity contribution in [1.29, 1.82) is 0 Å². The molecule has 1 radical (unpaired) electrons. The normalized spacial score (nSPS) is 16.0. The Kier molecular flexibility index (Phi) is 4.58. The number of allylic oxidation sites excluding steroid dienone is 2. The Morgan fingerprint density at radius 2 is 1.48 bits per heavy atom. The Morgan fingerprint density at radius 1 is 0.742 bits per heavy atom. The first kappa shape index (κ1) is 18.7. The third-order valence-electron chi connectivity index (χ3n) is 6.76. The van der Waals surface area contributed by atoms with Crippen molar-refractivity contribution in [1.82, 2.24) is 0 Å². The molecule has 0 aromatic heterocycles. The number of fused-ring (bicyclic) bond motifs is 6. The summed E-state index contributed by atoms with van der Waals surface area (Å²) in [6.07, 6.45) is 8.34. The van der Waals surface area contributed by atoms with Crippen LogP contribution in [0.5, 0.6) is 0 Å². The number of rotatable bonds is 4. The highest BCUT2D eigenvalue weighted by atomic mass is 28.2. The van der Waals surface area contributed by atoms with Gasteiger partial charge < -0.3 is 0 Å². The first-order valence-electron chi connectivity index (χ1n) is 11.4. The molecule has 0 amide bonds. The largest absolute Gasteiger partial charge is 0.0649 e. The van der Waals surface area contributed by atoms with E-state index in [-0.39, 0.29) is 0 Å². The molecule has 4 aromatic carbocycles. The van der Waals surface area contributed by atoms with E-state index in [1.807, 2.05) is 0 Å². The molecule has 0 saturated heterocycles. The van der Waals surface area contributed by atoms with Crippen LogP contribution in [0.2, 0.25) is 6.04 Å². The molecule has 0 spiro atoms. The van der Waals surface area contributed by atoms with Gasteiger partial charge >= 0.3 is 0 Å². The fourth-order valence-electron chi connectivity index (χ4n) is 5.30. The van der Waals surface area contributed by atoms with Crippen LogP contribution in [0.15, 0.2) is 83.9 Å². The van der Waals surface area contributed by atoms with Crippen LogP contribution in [0.1, 0.15) is 42.0 Å². The highest BCUT2D eigenvalue weighted by molar-refractivity contribution is 6.64. The summed E-state index contributed by atoms with van der Waals surface area (Å²) >= 11 is 0. The summed E-state index contributed by atoms with van der Waals surface area (Å²) in [6, 6.07) is 28.1. The SMILES string of the molecule is CC[Si]=C1C(CCC2=Cc3c(ccc4ccccc34)C2)=Cc2ccc3ccccc3c21. The van der Waals surface area contributed by atoms with Gasteiger partial charge in [-0.1, -0.05) is 97.4 Å². The van der Waals surface area contributed by atoms with Crippen molar-refractivity contribution in [2.75, 3.05) is 0 Å². The van der Waals surface area contributed by atoms with Gasteiger partial charge in [0, 0.05) is 9.13 Å². The van der Waals surface area contributed by atoms with E-state index < -0.39 is 0 Å². The molecule has 149 valence electrons. The van der Waals surface area contributed by atoms with Crippen molar-refractivity contribution in [3.63, 3.8) is 0 Å². The second-order valence-corrected chi connectivity index (χ2v) is 10.2. The van der Waals surface area contributed by atoms with E-state index in [0.717, 1.165) is 28.4 Å². The minimum Gasteiger partial charge on any atom is -0.0649 e. The standard InChI is InChI=1S/C30H25Si/c1-2-31-30-25(19-24-16-14-22-8-4-6-10-27(22)29(24)30)12-11-20-17-23-15-13-21-7-3-5-9-26(21)28(23)18-20/h3-10,13-16,18-19H,2,11-12,17H2,1H3. The highest BCUT2D eigenvalue weighted by Gasteiger charge is 2.22. The predicted molar refractivity (Wildman–Crippen MR) is 137 cm³/mol. The van der Waals surface area contributed by atoms with Crippen molar-refractivity contribution in [3.05, 3.63) is 106 Å². The Bertz CT molecular complexity index is 1430. The van der Waals surface area contributed by atoms with Gasteiger partial charge in [0.15, 0.2) is 0 Å². The van der Waals surface area contributed by atoms with Gasteiger partial charge in [-0.05, 0) is 79.8 Å². The van der Waals surface area contributed by atoms with Crippen LogP contribution in [-0.2, 0) is 6.42 Å². The van der Waals surface area contributed by atoms with Gasteiger partial charge in [-0.15, -0.1) is 0 Å². The van der Waals surface area contributed by atoms with Gasteiger partial charge in [0.2, 0.25) is 0 Å². The van der Waals surface area contributed by atoms with Crippen molar-refractivity contribution >= 4 is 48.0 Å². The minimum absolute atomic E-state index is 0.883. The van der Waals surface area contributed by atoms with E-state index >= 15 is 0 Å². The van der Waals surface area contributed by atoms with E-state index in [9.17, 15) is 0 Å². The van der Waals surface area contributed by atoms with Crippen molar-refractivity contribution in [3.8, 4) is 0 Å². The summed E-state index contributed by atoms with van der Waals surface area (Å²) < 4.78 is 0. The van der Waals surface area contributed by atoms with E-state index in [1.54, 1.807) is 16.3 Å². The van der Waals surface area contributed by atoms with E-state index in [2.05, 4.69) is 91.9 Å². The maximum atomic E-state index is 2.47. The first-order valence-corrected chi connectivity index (χ1v) is 12.6. The highest BCUT2D eigenvalue weighted by Crippen LogP contribution is 2.37. The first-order chi connectivity index (χ1) is 15.3. The molecule has 4 aromatic rings. The zero-order chi connectivity index (χ0) is 20.8. The molecule has 6 rings (SSSR count). The molecule has 0 nitrogen and oxygen atoms in total. The van der Waals surface area contributed by atoms with Crippen molar-refractivity contribution < 1.29 is 0 Å². The third-order valence-corrected chi connectivity index (χ3v) is 8.04. The van der Waals surface area contributed by atoms with Gasteiger partial charge in [-0.2, -0.15) is 0 Å². The van der Waals surface area contributed by atoms with Gasteiger partial charge in [-0.25, -0.2) is 0 Å².